The summed E-state index contributed by atoms with van der Waals surface area (Å²) in [6.45, 7) is -0.964. The van der Waals surface area contributed by atoms with Crippen LogP contribution in [0.15, 0.2) is 24.5 Å². The third kappa shape index (κ3) is 6.54. The highest BCUT2D eigenvalue weighted by Gasteiger charge is 2.12. The zero-order chi connectivity index (χ0) is 30.2. The molecule has 2 aromatic rings. The highest BCUT2D eigenvalue weighted by Crippen LogP contribution is 2.16. The Kier molecular flexibility index (Phi) is 4.07. The van der Waals surface area contributed by atoms with Crippen molar-refractivity contribution < 1.29 is 45.3 Å². The standard InChI is InChI=1S/C9H10N2O2.C9H11NO4/c1-12-6-7-3-8(13-2)5-11-9(7)4-10;1-13-5-6-3-7(14-2)4-10-8(6)9(11)12/h3,5H,6H2,1-2H3;3-4H,5H2,1-2H3,(H,11,12)/i2*1D3,2D3. The molecule has 0 saturated carbocycles. The SMILES string of the molecule is [2H]C([2H])([2H])OCc1cc(OC([2H])([2H])[2H])cnc1C#N.[2H]C([2H])([2H])OCc1cc(OC([2H])([2H])[2H])cnc1C(=O)O. The molecule has 144 valence electrons. The van der Waals surface area contributed by atoms with Gasteiger partial charge in [-0.3, -0.25) is 0 Å². The van der Waals surface area contributed by atoms with Crippen LogP contribution >= 0.6 is 0 Å². The molecule has 0 saturated heterocycles. The Morgan fingerprint density at radius 1 is 1.07 bits per heavy atom. The number of pyridine rings is 2. The maximum absolute atomic E-state index is 10.9. The second-order valence-corrected chi connectivity index (χ2v) is 4.56. The number of carbonyl (C=O) groups is 1. The van der Waals surface area contributed by atoms with Crippen LogP contribution in [0.5, 0.6) is 11.5 Å². The number of aromatic carboxylic acids is 1. The summed E-state index contributed by atoms with van der Waals surface area (Å²) in [5.74, 6) is -1.70. The van der Waals surface area contributed by atoms with E-state index in [1.165, 1.54) is 6.07 Å². The van der Waals surface area contributed by atoms with Gasteiger partial charge in [0.2, 0.25) is 0 Å². The number of hydrogen-bond acceptors (Lipinski definition) is 8. The largest absolute Gasteiger partial charge is 0.495 e. The molecule has 27 heavy (non-hydrogen) atoms. The lowest BCUT2D eigenvalue weighted by molar-refractivity contribution is 0.0685. The molecule has 0 bridgehead atoms. The first-order chi connectivity index (χ1) is 17.6. The number of carboxylic acid groups (broad SMARTS) is 1. The van der Waals surface area contributed by atoms with Crippen molar-refractivity contribution >= 4 is 5.97 Å². The average molecular weight is 387 g/mol. The van der Waals surface area contributed by atoms with Gasteiger partial charge >= 0.3 is 5.97 Å². The third-order valence-corrected chi connectivity index (χ3v) is 2.88. The van der Waals surface area contributed by atoms with Crippen molar-refractivity contribution in [3.63, 3.8) is 0 Å². The Bertz CT molecular complexity index is 1170. The third-order valence-electron chi connectivity index (χ3n) is 2.88. The van der Waals surface area contributed by atoms with Crippen molar-refractivity contribution in [1.82, 2.24) is 9.97 Å². The fraction of sp³-hybridized carbons (Fsp3) is 0.333. The van der Waals surface area contributed by atoms with E-state index in [2.05, 4.69) is 28.9 Å². The average Bonchev–Trinajstić information content (AvgIpc) is 2.73. The number of aromatic nitrogens is 2. The van der Waals surface area contributed by atoms with E-state index in [4.69, 9.17) is 26.8 Å². The molecule has 9 heteroatoms. The molecule has 0 aliphatic rings. The van der Waals surface area contributed by atoms with Gasteiger partial charge in [-0.1, -0.05) is 0 Å². The maximum Gasteiger partial charge on any atom is 0.354 e. The molecule has 1 N–H and O–H groups in total. The molecular formula is C18H21N3O6. The number of hydrogen-bond donors (Lipinski definition) is 1. The van der Waals surface area contributed by atoms with Gasteiger partial charge in [0.1, 0.15) is 23.3 Å². The van der Waals surface area contributed by atoms with Crippen LogP contribution in [0.3, 0.4) is 0 Å². The predicted molar refractivity (Wildman–Crippen MR) is 94.7 cm³/mol. The second kappa shape index (κ2) is 11.4. The van der Waals surface area contributed by atoms with E-state index < -0.39 is 53.0 Å². The van der Waals surface area contributed by atoms with E-state index >= 15 is 0 Å². The van der Waals surface area contributed by atoms with Crippen LogP contribution in [0.2, 0.25) is 0 Å². The van der Waals surface area contributed by atoms with Crippen LogP contribution in [-0.2, 0) is 22.7 Å². The minimum atomic E-state index is -2.73. The summed E-state index contributed by atoms with van der Waals surface area (Å²) in [6.07, 6.45) is 2.00. The lowest BCUT2D eigenvalue weighted by Crippen LogP contribution is -2.06. The number of ether oxygens (including phenoxy) is 4. The van der Waals surface area contributed by atoms with Crippen LogP contribution < -0.4 is 9.47 Å². The van der Waals surface area contributed by atoms with Crippen molar-refractivity contribution in [2.24, 2.45) is 0 Å². The first-order valence-electron chi connectivity index (χ1n) is 12.9. The summed E-state index contributed by atoms with van der Waals surface area (Å²) in [4.78, 5) is 18.1. The Balaban J connectivity index is 0.000000391. The molecule has 0 aliphatic heterocycles. The lowest BCUT2D eigenvalue weighted by atomic mass is 10.2. The monoisotopic (exact) mass is 387 g/mol. The summed E-state index contributed by atoms with van der Waals surface area (Å²) in [5, 5.41) is 17.7. The smallest absolute Gasteiger partial charge is 0.354 e. The van der Waals surface area contributed by atoms with Crippen LogP contribution in [0.1, 0.15) is 43.8 Å². The molecule has 2 heterocycles. The topological polar surface area (TPSA) is 124 Å². The van der Waals surface area contributed by atoms with Gasteiger partial charge in [-0.05, 0) is 12.1 Å². The minimum Gasteiger partial charge on any atom is -0.495 e. The Morgan fingerprint density at radius 3 is 2.22 bits per heavy atom. The number of nitrogens with zero attached hydrogens (tertiary/aromatic N) is 3. The molecule has 0 radical (unpaired) electrons. The zero-order valence-electron chi connectivity index (χ0n) is 25.6. The van der Waals surface area contributed by atoms with E-state index in [1.54, 1.807) is 6.07 Å². The molecule has 0 fully saturated rings. The van der Waals surface area contributed by atoms with E-state index in [1.807, 2.05) is 0 Å². The van der Waals surface area contributed by atoms with Crippen molar-refractivity contribution in [3.05, 3.63) is 47.0 Å². The number of rotatable bonds is 7. The van der Waals surface area contributed by atoms with E-state index in [9.17, 15) is 4.79 Å². The molecule has 0 aliphatic carbocycles. The Hall–Kier alpha value is -3.22. The summed E-state index contributed by atoms with van der Waals surface area (Å²) in [5.41, 5.74) is -0.454. The molecule has 0 amide bonds. The lowest BCUT2D eigenvalue weighted by Gasteiger charge is -2.06. The summed E-state index contributed by atoms with van der Waals surface area (Å²) < 4.78 is 101. The van der Waals surface area contributed by atoms with Gasteiger partial charge in [0.15, 0.2) is 5.69 Å². The molecule has 2 rings (SSSR count). The van der Waals surface area contributed by atoms with Gasteiger partial charge in [0.05, 0.1) is 56.1 Å². The van der Waals surface area contributed by atoms with E-state index in [0.717, 1.165) is 18.5 Å². The fourth-order valence-corrected chi connectivity index (χ4v) is 1.76. The normalized spacial score (nSPS) is 18.0. The van der Waals surface area contributed by atoms with Gasteiger partial charge < -0.3 is 24.1 Å². The highest BCUT2D eigenvalue weighted by molar-refractivity contribution is 5.87. The second-order valence-electron chi connectivity index (χ2n) is 4.56. The highest BCUT2D eigenvalue weighted by atomic mass is 16.5. The minimum absolute atomic E-state index is 0.0536. The molecule has 0 atom stereocenters. The summed E-state index contributed by atoms with van der Waals surface area (Å²) in [7, 11) is -10.7. The predicted octanol–water partition coefficient (Wildman–Crippen LogP) is 2.04. The van der Waals surface area contributed by atoms with Gasteiger partial charge in [-0.25, -0.2) is 14.8 Å². The molecular weight excluding hydrogens is 354 g/mol. The van der Waals surface area contributed by atoms with E-state index in [-0.39, 0.29) is 28.3 Å². The van der Waals surface area contributed by atoms with Crippen molar-refractivity contribution in [2.45, 2.75) is 13.2 Å². The fourth-order valence-electron chi connectivity index (χ4n) is 1.76. The van der Waals surface area contributed by atoms with Crippen LogP contribution in [0, 0.1) is 11.3 Å². The summed E-state index contributed by atoms with van der Waals surface area (Å²) >= 11 is 0. The van der Waals surface area contributed by atoms with E-state index in [0.29, 0.717) is 0 Å². The summed E-state index contributed by atoms with van der Waals surface area (Å²) in [6, 6.07) is 4.03. The Labute approximate surface area is 174 Å². The quantitative estimate of drug-likeness (QED) is 0.760. The molecule has 0 spiro atoms. The number of methoxy groups -OCH3 is 4. The van der Waals surface area contributed by atoms with Gasteiger partial charge in [0.25, 0.3) is 0 Å². The van der Waals surface area contributed by atoms with Gasteiger partial charge in [-0.15, -0.1) is 0 Å². The van der Waals surface area contributed by atoms with Gasteiger partial charge in [0, 0.05) is 25.2 Å². The van der Waals surface area contributed by atoms with Crippen molar-refractivity contribution in [3.8, 4) is 17.6 Å². The van der Waals surface area contributed by atoms with Crippen molar-refractivity contribution in [2.75, 3.05) is 28.2 Å². The Morgan fingerprint density at radius 2 is 1.67 bits per heavy atom. The first-order valence-corrected chi connectivity index (χ1v) is 6.86. The van der Waals surface area contributed by atoms with Crippen LogP contribution in [-0.4, -0.2) is 49.2 Å². The molecule has 0 aromatic carbocycles. The van der Waals surface area contributed by atoms with Crippen LogP contribution in [0.4, 0.5) is 0 Å². The number of carboxylic acids is 1. The zero-order valence-corrected chi connectivity index (χ0v) is 13.6. The number of nitriles is 1. The molecule has 9 nitrogen and oxygen atoms in total. The van der Waals surface area contributed by atoms with Crippen LogP contribution in [0.25, 0.3) is 0 Å². The molecule has 0 unspecified atom stereocenters. The molecule has 2 aromatic heterocycles. The van der Waals surface area contributed by atoms with Crippen molar-refractivity contribution in [1.29, 1.82) is 5.26 Å². The first kappa shape index (κ1) is 9.64. The van der Waals surface area contributed by atoms with Gasteiger partial charge in [-0.2, -0.15) is 5.26 Å². The maximum atomic E-state index is 10.9.